The van der Waals surface area contributed by atoms with Crippen molar-refractivity contribution in [2.45, 2.75) is 38.0 Å². The molecule has 0 radical (unpaired) electrons. The zero-order valence-corrected chi connectivity index (χ0v) is 16.9. The lowest BCUT2D eigenvalue weighted by Gasteiger charge is -2.37. The molecular formula is C21H28N4O3. The number of amides is 1. The molecule has 1 saturated carbocycles. The van der Waals surface area contributed by atoms with E-state index in [1.165, 1.54) is 19.3 Å². The lowest BCUT2D eigenvalue weighted by molar-refractivity contribution is 0.0755. The van der Waals surface area contributed by atoms with Gasteiger partial charge < -0.3 is 18.9 Å². The van der Waals surface area contributed by atoms with Crippen LogP contribution in [0, 0.1) is 5.41 Å². The van der Waals surface area contributed by atoms with Gasteiger partial charge in [-0.05, 0) is 30.4 Å². The number of aromatic nitrogens is 3. The third-order valence-electron chi connectivity index (χ3n) is 6.48. The van der Waals surface area contributed by atoms with Crippen molar-refractivity contribution in [3.63, 3.8) is 0 Å². The maximum Gasteiger partial charge on any atom is 0.257 e. The summed E-state index contributed by atoms with van der Waals surface area (Å²) >= 11 is 0. The summed E-state index contributed by atoms with van der Waals surface area (Å²) in [5.41, 5.74) is 0.668. The number of benzene rings is 1. The second-order valence-corrected chi connectivity index (χ2v) is 8.03. The van der Waals surface area contributed by atoms with Crippen molar-refractivity contribution in [2.24, 2.45) is 12.5 Å². The highest BCUT2D eigenvalue weighted by molar-refractivity contribution is 5.97. The van der Waals surface area contributed by atoms with Crippen LogP contribution in [0.4, 0.5) is 0 Å². The Kier molecular flexibility index (Phi) is 5.00. The summed E-state index contributed by atoms with van der Waals surface area (Å²) in [7, 11) is 5.18. The topological polar surface area (TPSA) is 69.5 Å². The summed E-state index contributed by atoms with van der Waals surface area (Å²) < 4.78 is 12.7. The number of nitrogens with zero attached hydrogens (tertiary/aromatic N) is 4. The highest BCUT2D eigenvalue weighted by Crippen LogP contribution is 2.51. The molecule has 1 unspecified atom stereocenters. The zero-order chi connectivity index (χ0) is 19.7. The van der Waals surface area contributed by atoms with E-state index in [1.807, 2.05) is 22.6 Å². The fourth-order valence-electron chi connectivity index (χ4n) is 4.99. The van der Waals surface area contributed by atoms with Gasteiger partial charge in [-0.3, -0.25) is 4.79 Å². The second-order valence-electron chi connectivity index (χ2n) is 8.03. The Morgan fingerprint density at radius 2 is 1.96 bits per heavy atom. The molecule has 1 aromatic heterocycles. The normalized spacial score (nSPS) is 21.1. The van der Waals surface area contributed by atoms with E-state index in [0.717, 1.165) is 25.2 Å². The number of likely N-dealkylation sites (tertiary alicyclic amines) is 1. The molecule has 1 aromatic carbocycles. The molecule has 1 aliphatic carbocycles. The maximum absolute atomic E-state index is 13.4. The van der Waals surface area contributed by atoms with Crippen molar-refractivity contribution in [2.75, 3.05) is 27.3 Å². The van der Waals surface area contributed by atoms with Crippen molar-refractivity contribution >= 4 is 5.91 Å². The summed E-state index contributed by atoms with van der Waals surface area (Å²) in [6.45, 7) is 1.43. The van der Waals surface area contributed by atoms with Gasteiger partial charge in [-0.2, -0.15) is 0 Å². The highest BCUT2D eigenvalue weighted by Gasteiger charge is 2.50. The lowest BCUT2D eigenvalue weighted by Crippen LogP contribution is -2.34. The van der Waals surface area contributed by atoms with Crippen LogP contribution in [0.1, 0.15) is 54.2 Å². The van der Waals surface area contributed by atoms with Gasteiger partial charge in [-0.1, -0.05) is 19.3 Å². The minimum absolute atomic E-state index is 0.00844. The predicted octanol–water partition coefficient (Wildman–Crippen LogP) is 3.02. The molecule has 2 heterocycles. The monoisotopic (exact) mass is 384 g/mol. The van der Waals surface area contributed by atoms with Crippen LogP contribution in [0.15, 0.2) is 24.5 Å². The number of carbonyl (C=O) groups is 1. The van der Waals surface area contributed by atoms with Crippen molar-refractivity contribution in [1.82, 2.24) is 19.7 Å². The van der Waals surface area contributed by atoms with Crippen LogP contribution in [0.3, 0.4) is 0 Å². The fraction of sp³-hybridized carbons (Fsp3) is 0.571. The van der Waals surface area contributed by atoms with E-state index in [2.05, 4.69) is 10.2 Å². The first-order valence-electron chi connectivity index (χ1n) is 9.93. The van der Waals surface area contributed by atoms with Gasteiger partial charge in [-0.15, -0.1) is 10.2 Å². The van der Waals surface area contributed by atoms with Gasteiger partial charge in [0.1, 0.15) is 23.7 Å². The molecule has 1 atom stereocenters. The summed E-state index contributed by atoms with van der Waals surface area (Å²) in [4.78, 5) is 15.4. The van der Waals surface area contributed by atoms with Gasteiger partial charge in [0.25, 0.3) is 5.91 Å². The van der Waals surface area contributed by atoms with Crippen molar-refractivity contribution < 1.29 is 14.3 Å². The first-order valence-corrected chi connectivity index (χ1v) is 9.93. The molecule has 0 N–H and O–H groups in total. The van der Waals surface area contributed by atoms with Gasteiger partial charge in [0.2, 0.25) is 0 Å². The van der Waals surface area contributed by atoms with Crippen LogP contribution in [0.25, 0.3) is 0 Å². The number of rotatable bonds is 4. The van der Waals surface area contributed by atoms with Crippen LogP contribution in [0.5, 0.6) is 11.5 Å². The minimum Gasteiger partial charge on any atom is -0.497 e. The Hall–Kier alpha value is -2.57. The van der Waals surface area contributed by atoms with E-state index in [-0.39, 0.29) is 17.2 Å². The van der Waals surface area contributed by atoms with Gasteiger partial charge >= 0.3 is 0 Å². The number of hydrogen-bond acceptors (Lipinski definition) is 5. The molecule has 150 valence electrons. The molecule has 7 nitrogen and oxygen atoms in total. The number of methoxy groups -OCH3 is 2. The lowest BCUT2D eigenvalue weighted by atomic mass is 9.67. The average Bonchev–Trinajstić information content (AvgIpc) is 3.30. The fourth-order valence-corrected chi connectivity index (χ4v) is 4.99. The largest absolute Gasteiger partial charge is 0.497 e. The SMILES string of the molecule is COc1ccc(C(=O)N2CC(c3nncn3C)C3(CCCCC3)C2)c(OC)c1. The Bertz CT molecular complexity index is 857. The van der Waals surface area contributed by atoms with E-state index in [1.54, 1.807) is 32.7 Å². The zero-order valence-electron chi connectivity index (χ0n) is 16.9. The number of hydrogen-bond donors (Lipinski definition) is 0. The molecule has 2 aromatic rings. The molecule has 0 bridgehead atoms. The van der Waals surface area contributed by atoms with Crippen molar-refractivity contribution in [3.8, 4) is 11.5 Å². The third kappa shape index (κ3) is 3.12. The quantitative estimate of drug-likeness (QED) is 0.810. The van der Waals surface area contributed by atoms with Crippen LogP contribution in [-0.2, 0) is 7.05 Å². The van der Waals surface area contributed by atoms with Crippen LogP contribution in [-0.4, -0.2) is 52.9 Å². The molecule has 2 fully saturated rings. The van der Waals surface area contributed by atoms with Gasteiger partial charge in [0, 0.05) is 32.1 Å². The summed E-state index contributed by atoms with van der Waals surface area (Å²) in [6.07, 6.45) is 7.71. The second kappa shape index (κ2) is 7.45. The molecule has 7 heteroatoms. The van der Waals surface area contributed by atoms with Crippen LogP contribution in [0.2, 0.25) is 0 Å². The maximum atomic E-state index is 13.4. The standard InChI is InChI=1S/C21H28N4O3/c1-24-14-22-23-19(24)17-12-25(13-21(17)9-5-4-6-10-21)20(26)16-8-7-15(27-2)11-18(16)28-3/h7-8,11,14,17H,4-6,9-10,12-13H2,1-3H3. The highest BCUT2D eigenvalue weighted by atomic mass is 16.5. The minimum atomic E-state index is 0.00844. The van der Waals surface area contributed by atoms with Crippen LogP contribution < -0.4 is 9.47 Å². The van der Waals surface area contributed by atoms with Gasteiger partial charge in [-0.25, -0.2) is 0 Å². The van der Waals surface area contributed by atoms with Crippen LogP contribution >= 0.6 is 0 Å². The van der Waals surface area contributed by atoms with Crippen molar-refractivity contribution in [1.29, 1.82) is 0 Å². The summed E-state index contributed by atoms with van der Waals surface area (Å²) in [6, 6.07) is 5.37. The van der Waals surface area contributed by atoms with Crippen molar-refractivity contribution in [3.05, 3.63) is 35.9 Å². The smallest absolute Gasteiger partial charge is 0.257 e. The Balaban J connectivity index is 1.66. The predicted molar refractivity (Wildman–Crippen MR) is 105 cm³/mol. The summed E-state index contributed by atoms with van der Waals surface area (Å²) in [5, 5.41) is 8.50. The number of carbonyl (C=O) groups excluding carboxylic acids is 1. The first kappa shape index (κ1) is 18.8. The number of ether oxygens (including phenoxy) is 2. The van der Waals surface area contributed by atoms with E-state index < -0.39 is 0 Å². The molecule has 1 amide bonds. The van der Waals surface area contributed by atoms with E-state index >= 15 is 0 Å². The third-order valence-corrected chi connectivity index (χ3v) is 6.48. The summed E-state index contributed by atoms with van der Waals surface area (Å²) in [5.74, 6) is 2.43. The Morgan fingerprint density at radius 1 is 1.18 bits per heavy atom. The molecule has 4 rings (SSSR count). The number of aryl methyl sites for hydroxylation is 1. The van der Waals surface area contributed by atoms with E-state index in [0.29, 0.717) is 23.6 Å². The Labute approximate surface area is 165 Å². The molecule has 28 heavy (non-hydrogen) atoms. The molecule has 1 spiro atoms. The average molecular weight is 384 g/mol. The molecule has 2 aliphatic rings. The Morgan fingerprint density at radius 3 is 2.61 bits per heavy atom. The molecular weight excluding hydrogens is 356 g/mol. The van der Waals surface area contributed by atoms with Gasteiger partial charge in [0.05, 0.1) is 19.8 Å². The molecule has 1 aliphatic heterocycles. The van der Waals surface area contributed by atoms with E-state index in [9.17, 15) is 4.79 Å². The van der Waals surface area contributed by atoms with E-state index in [4.69, 9.17) is 9.47 Å². The van der Waals surface area contributed by atoms with Gasteiger partial charge in [0.15, 0.2) is 0 Å². The molecule has 1 saturated heterocycles. The first-order chi connectivity index (χ1) is 13.6.